The summed E-state index contributed by atoms with van der Waals surface area (Å²) in [4.78, 5) is -0.193. The predicted molar refractivity (Wildman–Crippen MR) is 60.5 cm³/mol. The van der Waals surface area contributed by atoms with E-state index in [9.17, 15) is 21.6 Å². The van der Waals surface area contributed by atoms with Crippen LogP contribution in [0.4, 0.5) is 13.2 Å². The van der Waals surface area contributed by atoms with E-state index in [4.69, 9.17) is 0 Å². The van der Waals surface area contributed by atoms with E-state index in [-0.39, 0.29) is 16.3 Å². The standard InChI is InChI=1S/C11H10F3NO2S/c1-15-6-9-4-7-2-3-8(11(12,13)14)5-10(7)18(9,16)17/h2-5,15H,6H2,1H3. The Labute approximate surface area is 102 Å². The molecule has 0 radical (unpaired) electrons. The van der Waals surface area contributed by atoms with Gasteiger partial charge in [0, 0.05) is 6.54 Å². The Morgan fingerprint density at radius 1 is 1.28 bits per heavy atom. The van der Waals surface area contributed by atoms with Gasteiger partial charge in [-0.25, -0.2) is 8.42 Å². The highest BCUT2D eigenvalue weighted by Gasteiger charge is 2.35. The minimum Gasteiger partial charge on any atom is -0.315 e. The van der Waals surface area contributed by atoms with Gasteiger partial charge in [0.2, 0.25) is 9.84 Å². The van der Waals surface area contributed by atoms with Crippen LogP contribution in [0.25, 0.3) is 6.08 Å². The Bertz CT molecular complexity index is 618. The zero-order valence-electron chi connectivity index (χ0n) is 9.38. The van der Waals surface area contributed by atoms with Gasteiger partial charge in [0.25, 0.3) is 0 Å². The summed E-state index contributed by atoms with van der Waals surface area (Å²) in [6, 6.07) is 2.75. The van der Waals surface area contributed by atoms with Crippen LogP contribution < -0.4 is 5.32 Å². The number of rotatable bonds is 2. The largest absolute Gasteiger partial charge is 0.416 e. The zero-order chi connectivity index (χ0) is 13.6. The first-order valence-corrected chi connectivity index (χ1v) is 6.56. The Morgan fingerprint density at radius 3 is 2.50 bits per heavy atom. The second-order valence-corrected chi connectivity index (χ2v) is 5.87. The number of nitrogens with one attached hydrogen (secondary N) is 1. The molecular formula is C11H10F3NO2S. The summed E-state index contributed by atoms with van der Waals surface area (Å²) < 4.78 is 61.5. The average molecular weight is 277 g/mol. The van der Waals surface area contributed by atoms with Crippen molar-refractivity contribution in [3.8, 4) is 0 Å². The second-order valence-electron chi connectivity index (χ2n) is 3.89. The lowest BCUT2D eigenvalue weighted by atomic mass is 10.1. The molecule has 98 valence electrons. The molecule has 0 saturated heterocycles. The molecule has 18 heavy (non-hydrogen) atoms. The van der Waals surface area contributed by atoms with Crippen molar-refractivity contribution in [2.24, 2.45) is 0 Å². The van der Waals surface area contributed by atoms with E-state index < -0.39 is 21.6 Å². The number of alkyl halides is 3. The van der Waals surface area contributed by atoms with Crippen molar-refractivity contribution in [1.29, 1.82) is 0 Å². The van der Waals surface area contributed by atoms with E-state index >= 15 is 0 Å². The van der Waals surface area contributed by atoms with Gasteiger partial charge in [0.15, 0.2) is 0 Å². The second kappa shape index (κ2) is 4.10. The molecule has 1 aliphatic heterocycles. The summed E-state index contributed by atoms with van der Waals surface area (Å²) in [5, 5.41) is 2.68. The topological polar surface area (TPSA) is 46.2 Å². The van der Waals surface area contributed by atoms with E-state index in [0.717, 1.165) is 6.07 Å². The van der Waals surface area contributed by atoms with Gasteiger partial charge >= 0.3 is 6.18 Å². The minimum absolute atomic E-state index is 0.0827. The van der Waals surface area contributed by atoms with Gasteiger partial charge in [-0.15, -0.1) is 0 Å². The lowest BCUT2D eigenvalue weighted by Gasteiger charge is -2.08. The smallest absolute Gasteiger partial charge is 0.315 e. The maximum Gasteiger partial charge on any atom is 0.416 e. The van der Waals surface area contributed by atoms with Gasteiger partial charge < -0.3 is 5.32 Å². The Morgan fingerprint density at radius 2 is 1.94 bits per heavy atom. The van der Waals surface area contributed by atoms with Crippen molar-refractivity contribution in [2.45, 2.75) is 11.1 Å². The van der Waals surface area contributed by atoms with Crippen LogP contribution in [-0.2, 0) is 16.0 Å². The van der Waals surface area contributed by atoms with E-state index in [2.05, 4.69) is 5.32 Å². The lowest BCUT2D eigenvalue weighted by molar-refractivity contribution is -0.137. The third kappa shape index (κ3) is 2.04. The van der Waals surface area contributed by atoms with Crippen molar-refractivity contribution in [1.82, 2.24) is 5.32 Å². The van der Waals surface area contributed by atoms with Crippen molar-refractivity contribution in [3.05, 3.63) is 34.2 Å². The molecule has 0 amide bonds. The van der Waals surface area contributed by atoms with Gasteiger partial charge in [-0.2, -0.15) is 13.2 Å². The number of fused-ring (bicyclic) bond motifs is 1. The van der Waals surface area contributed by atoms with E-state index in [0.29, 0.717) is 11.6 Å². The summed E-state index contributed by atoms with van der Waals surface area (Å²) in [6.45, 7) is 0.0956. The zero-order valence-corrected chi connectivity index (χ0v) is 10.2. The van der Waals surface area contributed by atoms with E-state index in [1.165, 1.54) is 12.1 Å². The van der Waals surface area contributed by atoms with Gasteiger partial charge in [-0.1, -0.05) is 6.07 Å². The number of hydrogen-bond acceptors (Lipinski definition) is 3. The van der Waals surface area contributed by atoms with Gasteiger partial charge in [0.05, 0.1) is 15.4 Å². The Balaban J connectivity index is 2.55. The maximum atomic E-state index is 12.5. The highest BCUT2D eigenvalue weighted by molar-refractivity contribution is 7.95. The molecule has 0 aromatic heterocycles. The first-order valence-electron chi connectivity index (χ1n) is 5.08. The molecule has 1 aliphatic rings. The SMILES string of the molecule is CNCC1=Cc2ccc(C(F)(F)F)cc2S1(=O)=O. The van der Waals surface area contributed by atoms with Gasteiger partial charge in [-0.3, -0.25) is 0 Å². The van der Waals surface area contributed by atoms with Crippen LogP contribution in [0.3, 0.4) is 0 Å². The highest BCUT2D eigenvalue weighted by atomic mass is 32.2. The highest BCUT2D eigenvalue weighted by Crippen LogP contribution is 2.37. The Hall–Kier alpha value is -1.34. The monoisotopic (exact) mass is 277 g/mol. The maximum absolute atomic E-state index is 12.5. The molecule has 7 heteroatoms. The molecule has 2 rings (SSSR count). The van der Waals surface area contributed by atoms with Crippen molar-refractivity contribution in [2.75, 3.05) is 13.6 Å². The number of hydrogen-bond donors (Lipinski definition) is 1. The number of benzene rings is 1. The van der Waals surface area contributed by atoms with Crippen LogP contribution in [0.1, 0.15) is 11.1 Å². The fourth-order valence-electron chi connectivity index (χ4n) is 1.78. The summed E-state index contributed by atoms with van der Waals surface area (Å²) in [5.74, 6) is 0. The fourth-order valence-corrected chi connectivity index (χ4v) is 3.39. The molecule has 0 atom stereocenters. The molecule has 0 bridgehead atoms. The summed E-state index contributed by atoms with van der Waals surface area (Å²) >= 11 is 0. The van der Waals surface area contributed by atoms with Gasteiger partial charge in [0.1, 0.15) is 0 Å². The van der Waals surface area contributed by atoms with Gasteiger partial charge in [-0.05, 0) is 30.8 Å². The summed E-state index contributed by atoms with van der Waals surface area (Å²) in [6.07, 6.45) is -3.16. The number of sulfone groups is 1. The van der Waals surface area contributed by atoms with E-state index in [1.54, 1.807) is 7.05 Å². The first kappa shape index (κ1) is 13.1. The molecule has 0 fully saturated rings. The van der Waals surface area contributed by atoms with Crippen LogP contribution in [0.15, 0.2) is 28.0 Å². The third-order valence-electron chi connectivity index (χ3n) is 2.64. The number of likely N-dealkylation sites (N-methyl/N-ethyl adjacent to an activating group) is 1. The average Bonchev–Trinajstić information content (AvgIpc) is 2.50. The predicted octanol–water partition coefficient (Wildman–Crippen LogP) is 2.05. The molecule has 0 spiro atoms. The number of halogens is 3. The fraction of sp³-hybridized carbons (Fsp3) is 0.273. The molecule has 0 saturated carbocycles. The van der Waals surface area contributed by atoms with E-state index in [1.807, 2.05) is 0 Å². The van der Waals surface area contributed by atoms with Crippen molar-refractivity contribution in [3.63, 3.8) is 0 Å². The van der Waals surface area contributed by atoms with Crippen LogP contribution in [-0.4, -0.2) is 22.0 Å². The lowest BCUT2D eigenvalue weighted by Crippen LogP contribution is -2.15. The minimum atomic E-state index is -4.55. The molecule has 1 heterocycles. The van der Waals surface area contributed by atoms with Crippen LogP contribution in [0, 0.1) is 0 Å². The molecule has 1 N–H and O–H groups in total. The Kier molecular flexibility index (Phi) is 2.98. The van der Waals surface area contributed by atoms with Crippen LogP contribution in [0.5, 0.6) is 0 Å². The molecule has 0 aliphatic carbocycles. The first-order chi connectivity index (χ1) is 8.26. The molecule has 1 aromatic rings. The molecule has 0 unspecified atom stereocenters. The van der Waals surface area contributed by atoms with Crippen molar-refractivity contribution < 1.29 is 21.6 Å². The summed E-state index contributed by atoms with van der Waals surface area (Å²) in [5.41, 5.74) is -0.655. The quantitative estimate of drug-likeness (QED) is 0.900. The summed E-state index contributed by atoms with van der Waals surface area (Å²) in [7, 11) is -2.22. The van der Waals surface area contributed by atoms with Crippen LogP contribution in [0.2, 0.25) is 0 Å². The third-order valence-corrected chi connectivity index (χ3v) is 4.53. The van der Waals surface area contributed by atoms with Crippen LogP contribution >= 0.6 is 0 Å². The normalized spacial score (nSPS) is 17.4. The van der Waals surface area contributed by atoms with Crippen molar-refractivity contribution >= 4 is 15.9 Å². The molecular weight excluding hydrogens is 267 g/mol. The molecule has 1 aromatic carbocycles. The molecule has 3 nitrogen and oxygen atoms in total.